The molecule has 2 aromatic carbocycles. The second kappa shape index (κ2) is 15.1. The van der Waals surface area contributed by atoms with Crippen LogP contribution in [0.3, 0.4) is 0 Å². The van der Waals surface area contributed by atoms with Crippen molar-refractivity contribution in [2.24, 2.45) is 5.92 Å². The fourth-order valence-electron chi connectivity index (χ4n) is 4.93. The molecule has 0 saturated heterocycles. The van der Waals surface area contributed by atoms with Crippen molar-refractivity contribution in [1.29, 1.82) is 0 Å². The van der Waals surface area contributed by atoms with E-state index in [2.05, 4.69) is 0 Å². The number of likely N-dealkylation sites (N-methyl/N-ethyl adjacent to an activating group) is 1. The Morgan fingerprint density at radius 1 is 1.10 bits per heavy atom. The molecule has 1 aliphatic rings. The molecule has 2 amide bonds. The minimum absolute atomic E-state index is 0.0224. The number of hydrogen-bond acceptors (Lipinski definition) is 6. The molecule has 0 radical (unpaired) electrons. The van der Waals surface area contributed by atoms with Crippen molar-refractivity contribution in [2.75, 3.05) is 52.3 Å². The van der Waals surface area contributed by atoms with Gasteiger partial charge in [0.2, 0.25) is 5.91 Å². The van der Waals surface area contributed by atoms with E-state index >= 15 is 0 Å². The number of rotatable bonds is 7. The van der Waals surface area contributed by atoms with Gasteiger partial charge in [0.05, 0.1) is 36.8 Å². The Balaban J connectivity index is 1.88. The first-order valence-corrected chi connectivity index (χ1v) is 14.4. The van der Waals surface area contributed by atoms with Crippen LogP contribution >= 0.6 is 0 Å². The van der Waals surface area contributed by atoms with Crippen molar-refractivity contribution in [1.82, 2.24) is 9.80 Å². The zero-order chi connectivity index (χ0) is 29.2. The summed E-state index contributed by atoms with van der Waals surface area (Å²) in [5.74, 6) is 0.299. The molecule has 0 aromatic heterocycles. The standard InChI is InChI=1S/C32H47N3O5/c1-23-20-35(24(2)22-36)32(38)28-19-27(33(4)5)15-16-29(28)40-25(3)12-10-11-17-39-30(23)21-34(6)31(37)18-26-13-8-7-9-14-26/h7-9,13-16,19,23-25,30,36H,10-12,17-18,20-22H2,1-6H3/t23-,24-,25+,30-/m1/s1. The second-order valence-corrected chi connectivity index (χ2v) is 11.3. The van der Waals surface area contributed by atoms with Crippen molar-refractivity contribution >= 4 is 17.5 Å². The molecule has 0 bridgehead atoms. The summed E-state index contributed by atoms with van der Waals surface area (Å²) in [6.07, 6.45) is 2.63. The Kier molecular flexibility index (Phi) is 11.8. The highest BCUT2D eigenvalue weighted by atomic mass is 16.5. The lowest BCUT2D eigenvalue weighted by atomic mass is 10.0. The summed E-state index contributed by atoms with van der Waals surface area (Å²) in [7, 11) is 5.68. The van der Waals surface area contributed by atoms with E-state index in [9.17, 15) is 14.7 Å². The Morgan fingerprint density at radius 2 is 1.82 bits per heavy atom. The third-order valence-corrected chi connectivity index (χ3v) is 7.63. The number of hydrogen-bond donors (Lipinski definition) is 1. The van der Waals surface area contributed by atoms with Gasteiger partial charge in [-0.1, -0.05) is 37.3 Å². The van der Waals surface area contributed by atoms with Gasteiger partial charge in [-0.15, -0.1) is 0 Å². The average Bonchev–Trinajstić information content (AvgIpc) is 2.94. The van der Waals surface area contributed by atoms with Crippen molar-refractivity contribution in [3.8, 4) is 5.75 Å². The fourth-order valence-corrected chi connectivity index (χ4v) is 4.93. The monoisotopic (exact) mass is 553 g/mol. The number of carbonyl (C=O) groups excluding carboxylic acids is 2. The van der Waals surface area contributed by atoms with E-state index in [4.69, 9.17) is 9.47 Å². The highest BCUT2D eigenvalue weighted by Gasteiger charge is 2.31. The molecule has 8 nitrogen and oxygen atoms in total. The zero-order valence-corrected chi connectivity index (χ0v) is 25.0. The molecule has 0 spiro atoms. The molecule has 1 aliphatic heterocycles. The van der Waals surface area contributed by atoms with Gasteiger partial charge in [0.1, 0.15) is 5.75 Å². The summed E-state index contributed by atoms with van der Waals surface area (Å²) in [6, 6.07) is 15.0. The molecule has 1 heterocycles. The number of fused-ring (bicyclic) bond motifs is 1. The van der Waals surface area contributed by atoms with Crippen LogP contribution in [0.1, 0.15) is 56.0 Å². The van der Waals surface area contributed by atoms with Crippen LogP contribution < -0.4 is 9.64 Å². The summed E-state index contributed by atoms with van der Waals surface area (Å²) >= 11 is 0. The fraction of sp³-hybridized carbons (Fsp3) is 0.562. The van der Waals surface area contributed by atoms with Crippen molar-refractivity contribution in [3.63, 3.8) is 0 Å². The van der Waals surface area contributed by atoms with E-state index in [1.165, 1.54) is 0 Å². The first kappa shape index (κ1) is 31.4. The summed E-state index contributed by atoms with van der Waals surface area (Å²) in [6.45, 7) is 7.10. The van der Waals surface area contributed by atoms with Gasteiger partial charge in [-0.05, 0) is 56.9 Å². The third-order valence-electron chi connectivity index (χ3n) is 7.63. The zero-order valence-electron chi connectivity index (χ0n) is 25.0. The number of benzene rings is 2. The number of aliphatic hydroxyl groups is 1. The van der Waals surface area contributed by atoms with Crippen LogP contribution in [0.5, 0.6) is 5.75 Å². The Bertz CT molecular complexity index is 1090. The van der Waals surface area contributed by atoms with Crippen LogP contribution in [0.15, 0.2) is 48.5 Å². The number of aliphatic hydroxyl groups excluding tert-OH is 1. The van der Waals surface area contributed by atoms with E-state index in [0.717, 1.165) is 30.5 Å². The number of carbonyl (C=O) groups is 2. The van der Waals surface area contributed by atoms with Gasteiger partial charge in [-0.3, -0.25) is 9.59 Å². The molecule has 1 N–H and O–H groups in total. The van der Waals surface area contributed by atoms with Crippen LogP contribution in [0.4, 0.5) is 5.69 Å². The predicted octanol–water partition coefficient (Wildman–Crippen LogP) is 4.25. The number of anilines is 1. The Morgan fingerprint density at radius 3 is 2.50 bits per heavy atom. The Hall–Kier alpha value is -3.10. The van der Waals surface area contributed by atoms with E-state index in [-0.39, 0.29) is 36.5 Å². The normalized spacial score (nSPS) is 21.5. The molecular weight excluding hydrogens is 506 g/mol. The van der Waals surface area contributed by atoms with Gasteiger partial charge in [0.15, 0.2) is 0 Å². The van der Waals surface area contributed by atoms with Crippen LogP contribution in [-0.4, -0.2) is 92.4 Å². The maximum absolute atomic E-state index is 14.1. The summed E-state index contributed by atoms with van der Waals surface area (Å²) in [5, 5.41) is 10.1. The van der Waals surface area contributed by atoms with Crippen molar-refractivity contribution in [2.45, 2.75) is 64.7 Å². The topological polar surface area (TPSA) is 82.6 Å². The second-order valence-electron chi connectivity index (χ2n) is 11.3. The summed E-state index contributed by atoms with van der Waals surface area (Å²) in [4.78, 5) is 32.5. The van der Waals surface area contributed by atoms with Gasteiger partial charge in [0.25, 0.3) is 5.91 Å². The average molecular weight is 554 g/mol. The predicted molar refractivity (Wildman–Crippen MR) is 159 cm³/mol. The molecule has 0 fully saturated rings. The molecule has 3 rings (SSSR count). The number of amides is 2. The smallest absolute Gasteiger partial charge is 0.258 e. The van der Waals surface area contributed by atoms with E-state index < -0.39 is 6.04 Å². The molecule has 0 aliphatic carbocycles. The van der Waals surface area contributed by atoms with E-state index in [0.29, 0.717) is 37.4 Å². The SMILES string of the molecule is C[C@@H]1CN([C@H](C)CO)C(=O)c2cc(N(C)C)ccc2O[C@@H](C)CCCCO[C@@H]1CN(C)C(=O)Cc1ccccc1. The minimum Gasteiger partial charge on any atom is -0.490 e. The molecule has 0 saturated carbocycles. The molecule has 8 heteroatoms. The number of nitrogens with zero attached hydrogens (tertiary/aromatic N) is 3. The van der Waals surface area contributed by atoms with Crippen molar-refractivity contribution < 1.29 is 24.2 Å². The quantitative estimate of drug-likeness (QED) is 0.552. The minimum atomic E-state index is -0.408. The molecule has 2 aromatic rings. The van der Waals surface area contributed by atoms with Crippen LogP contribution in [0.25, 0.3) is 0 Å². The summed E-state index contributed by atoms with van der Waals surface area (Å²) < 4.78 is 12.7. The first-order chi connectivity index (χ1) is 19.1. The molecule has 220 valence electrons. The lowest BCUT2D eigenvalue weighted by Crippen LogP contribution is -2.48. The van der Waals surface area contributed by atoms with Crippen LogP contribution in [0, 0.1) is 5.92 Å². The van der Waals surface area contributed by atoms with E-state index in [1.807, 2.05) is 95.3 Å². The third kappa shape index (κ3) is 8.70. The lowest BCUT2D eigenvalue weighted by Gasteiger charge is -2.36. The van der Waals surface area contributed by atoms with Gasteiger partial charge in [-0.25, -0.2) is 0 Å². The summed E-state index contributed by atoms with van der Waals surface area (Å²) in [5.41, 5.74) is 2.35. The first-order valence-electron chi connectivity index (χ1n) is 14.4. The van der Waals surface area contributed by atoms with Gasteiger partial charge in [-0.2, -0.15) is 0 Å². The van der Waals surface area contributed by atoms with Gasteiger partial charge in [0, 0.05) is 52.4 Å². The van der Waals surface area contributed by atoms with Gasteiger partial charge >= 0.3 is 0 Å². The Labute approximate surface area is 239 Å². The largest absolute Gasteiger partial charge is 0.490 e. The van der Waals surface area contributed by atoms with Crippen molar-refractivity contribution in [3.05, 3.63) is 59.7 Å². The lowest BCUT2D eigenvalue weighted by molar-refractivity contribution is -0.131. The maximum Gasteiger partial charge on any atom is 0.258 e. The maximum atomic E-state index is 14.1. The molecule has 40 heavy (non-hydrogen) atoms. The molecule has 0 unspecified atom stereocenters. The van der Waals surface area contributed by atoms with Gasteiger partial charge < -0.3 is 29.3 Å². The highest BCUT2D eigenvalue weighted by molar-refractivity contribution is 5.98. The molecular formula is C32H47N3O5. The highest BCUT2D eigenvalue weighted by Crippen LogP contribution is 2.29. The van der Waals surface area contributed by atoms with Crippen LogP contribution in [-0.2, 0) is 16.0 Å². The van der Waals surface area contributed by atoms with Crippen LogP contribution in [0.2, 0.25) is 0 Å². The molecule has 4 atom stereocenters. The number of ether oxygens (including phenoxy) is 2. The van der Waals surface area contributed by atoms with E-state index in [1.54, 1.807) is 9.80 Å².